The number of nitrogens with two attached hydrogens (primary N) is 1. The first-order valence-corrected chi connectivity index (χ1v) is 8.94. The number of rotatable bonds is 6. The number of carbonyl (C=O) groups excluding carboxylic acids is 2. The van der Waals surface area contributed by atoms with Gasteiger partial charge in [0.15, 0.2) is 0 Å². The van der Waals surface area contributed by atoms with E-state index in [1.165, 1.54) is 37.4 Å². The summed E-state index contributed by atoms with van der Waals surface area (Å²) < 4.78 is 26.6. The fraction of sp³-hybridized carbons (Fsp3) is 0.125. The number of sulfonamides is 1. The van der Waals surface area contributed by atoms with E-state index < -0.39 is 21.8 Å². The van der Waals surface area contributed by atoms with Crippen molar-refractivity contribution in [1.29, 1.82) is 0 Å². The zero-order valence-corrected chi connectivity index (χ0v) is 14.8. The molecule has 7 nitrogen and oxygen atoms in total. The van der Waals surface area contributed by atoms with Gasteiger partial charge < -0.3 is 11.1 Å². The Bertz CT molecular complexity index is 915. The van der Waals surface area contributed by atoms with Gasteiger partial charge in [0.05, 0.1) is 17.1 Å². The van der Waals surface area contributed by atoms with Crippen molar-refractivity contribution < 1.29 is 18.0 Å². The maximum absolute atomic E-state index is 12.8. The summed E-state index contributed by atoms with van der Waals surface area (Å²) >= 11 is 5.90. The van der Waals surface area contributed by atoms with E-state index >= 15 is 0 Å². The monoisotopic (exact) mass is 381 g/mol. The number of hydrogen-bond acceptors (Lipinski definition) is 4. The minimum Gasteiger partial charge on any atom is -0.368 e. The van der Waals surface area contributed by atoms with Gasteiger partial charge in [-0.2, -0.15) is 0 Å². The van der Waals surface area contributed by atoms with Crippen molar-refractivity contribution in [2.24, 2.45) is 5.73 Å². The fourth-order valence-corrected chi connectivity index (χ4v) is 3.45. The minimum absolute atomic E-state index is 0.0679. The molecule has 2 rings (SSSR count). The molecule has 0 bridgehead atoms. The molecule has 0 aliphatic carbocycles. The highest BCUT2D eigenvalue weighted by atomic mass is 35.5. The summed E-state index contributed by atoms with van der Waals surface area (Å²) in [4.78, 5) is 22.6. The zero-order chi connectivity index (χ0) is 18.6. The molecule has 0 saturated carbocycles. The van der Waals surface area contributed by atoms with E-state index in [0.29, 0.717) is 10.7 Å². The number of halogens is 1. The normalized spacial score (nSPS) is 11.0. The van der Waals surface area contributed by atoms with Crippen LogP contribution in [0.15, 0.2) is 53.4 Å². The number of nitrogens with one attached hydrogen (secondary N) is 1. The topological polar surface area (TPSA) is 110 Å². The Hall–Kier alpha value is -2.58. The van der Waals surface area contributed by atoms with Crippen molar-refractivity contribution in [1.82, 2.24) is 5.32 Å². The Labute approximate surface area is 150 Å². The Morgan fingerprint density at radius 2 is 1.84 bits per heavy atom. The SMILES string of the molecule is CN(c1cccc(Cl)c1)S(=O)(=O)c1cccc(C(=O)NCC(N)=O)c1. The number of hydrogen-bond donors (Lipinski definition) is 2. The van der Waals surface area contributed by atoms with E-state index in [1.807, 2.05) is 0 Å². The molecule has 0 heterocycles. The third kappa shape index (κ3) is 4.49. The van der Waals surface area contributed by atoms with Gasteiger partial charge in [-0.1, -0.05) is 23.7 Å². The molecule has 0 radical (unpaired) electrons. The Kier molecular flexibility index (Phi) is 5.66. The molecule has 2 aromatic rings. The molecule has 2 amide bonds. The van der Waals surface area contributed by atoms with Crippen molar-refractivity contribution in [3.8, 4) is 0 Å². The van der Waals surface area contributed by atoms with Gasteiger partial charge in [0.2, 0.25) is 5.91 Å². The quantitative estimate of drug-likeness (QED) is 0.787. The molecule has 0 fully saturated rings. The lowest BCUT2D eigenvalue weighted by Crippen LogP contribution is -2.33. The lowest BCUT2D eigenvalue weighted by Gasteiger charge is -2.20. The minimum atomic E-state index is -3.89. The standard InChI is InChI=1S/C16H16ClN3O4S/c1-20(13-6-3-5-12(17)9-13)25(23,24)14-7-2-4-11(8-14)16(22)19-10-15(18)21/h2-9H,10H2,1H3,(H2,18,21)(H,19,22). The number of primary amides is 1. The van der Waals surface area contributed by atoms with Gasteiger partial charge in [-0.25, -0.2) is 8.42 Å². The average Bonchev–Trinajstić information content (AvgIpc) is 2.59. The Morgan fingerprint density at radius 3 is 2.48 bits per heavy atom. The van der Waals surface area contributed by atoms with E-state index in [2.05, 4.69) is 5.32 Å². The second-order valence-electron chi connectivity index (χ2n) is 5.13. The van der Waals surface area contributed by atoms with E-state index in [-0.39, 0.29) is 17.0 Å². The maximum Gasteiger partial charge on any atom is 0.264 e. The molecule has 0 aliphatic heterocycles. The second-order valence-corrected chi connectivity index (χ2v) is 7.53. The molecule has 132 valence electrons. The van der Waals surface area contributed by atoms with Gasteiger partial charge in [-0.05, 0) is 36.4 Å². The lowest BCUT2D eigenvalue weighted by atomic mass is 10.2. The van der Waals surface area contributed by atoms with Gasteiger partial charge >= 0.3 is 0 Å². The molecule has 0 unspecified atom stereocenters. The molecule has 0 atom stereocenters. The van der Waals surface area contributed by atoms with Crippen molar-refractivity contribution in [2.75, 3.05) is 17.9 Å². The summed E-state index contributed by atoms with van der Waals surface area (Å²) in [5.41, 5.74) is 5.45. The van der Waals surface area contributed by atoms with Crippen LogP contribution in [0.4, 0.5) is 5.69 Å². The van der Waals surface area contributed by atoms with Crippen molar-refractivity contribution in [3.63, 3.8) is 0 Å². The van der Waals surface area contributed by atoms with Crippen molar-refractivity contribution >= 4 is 39.1 Å². The molecule has 9 heteroatoms. The molecular formula is C16H16ClN3O4S. The van der Waals surface area contributed by atoms with Crippen molar-refractivity contribution in [2.45, 2.75) is 4.90 Å². The maximum atomic E-state index is 12.8. The van der Waals surface area contributed by atoms with Crippen LogP contribution in [0.3, 0.4) is 0 Å². The van der Waals surface area contributed by atoms with Crippen LogP contribution in [0, 0.1) is 0 Å². The van der Waals surface area contributed by atoms with Crippen LogP contribution in [0.2, 0.25) is 5.02 Å². The Balaban J connectivity index is 2.32. The highest BCUT2D eigenvalue weighted by Crippen LogP contribution is 2.25. The van der Waals surface area contributed by atoms with Gasteiger partial charge in [-0.3, -0.25) is 13.9 Å². The third-order valence-corrected chi connectivity index (χ3v) is 5.37. The van der Waals surface area contributed by atoms with Crippen LogP contribution < -0.4 is 15.4 Å². The number of benzene rings is 2. The predicted octanol–water partition coefficient (Wildman–Crippen LogP) is 1.38. The van der Waals surface area contributed by atoms with E-state index in [1.54, 1.807) is 18.2 Å². The molecule has 2 aromatic carbocycles. The fourth-order valence-electron chi connectivity index (χ4n) is 2.04. The zero-order valence-electron chi connectivity index (χ0n) is 13.3. The van der Waals surface area contributed by atoms with Gasteiger partial charge in [-0.15, -0.1) is 0 Å². The number of amides is 2. The van der Waals surface area contributed by atoms with Crippen LogP contribution in [0.5, 0.6) is 0 Å². The summed E-state index contributed by atoms with van der Waals surface area (Å²) in [6.07, 6.45) is 0. The first kappa shape index (κ1) is 18.8. The largest absolute Gasteiger partial charge is 0.368 e. The van der Waals surface area contributed by atoms with E-state index in [0.717, 1.165) is 4.31 Å². The summed E-state index contributed by atoms with van der Waals surface area (Å²) in [5, 5.41) is 2.71. The van der Waals surface area contributed by atoms with Crippen LogP contribution >= 0.6 is 11.6 Å². The predicted molar refractivity (Wildman–Crippen MR) is 95.0 cm³/mol. The summed E-state index contributed by atoms with van der Waals surface area (Å²) in [6, 6.07) is 11.9. The highest BCUT2D eigenvalue weighted by molar-refractivity contribution is 7.92. The van der Waals surface area contributed by atoms with E-state index in [4.69, 9.17) is 17.3 Å². The highest BCUT2D eigenvalue weighted by Gasteiger charge is 2.22. The molecular weight excluding hydrogens is 366 g/mol. The summed E-state index contributed by atoms with van der Waals surface area (Å²) in [6.45, 7) is -0.335. The number of nitrogens with zero attached hydrogens (tertiary/aromatic N) is 1. The summed E-state index contributed by atoms with van der Waals surface area (Å²) in [7, 11) is -2.50. The lowest BCUT2D eigenvalue weighted by molar-refractivity contribution is -0.117. The first-order chi connectivity index (χ1) is 11.7. The smallest absolute Gasteiger partial charge is 0.264 e. The van der Waals surface area contributed by atoms with Crippen LogP contribution in [-0.2, 0) is 14.8 Å². The average molecular weight is 382 g/mol. The number of carbonyl (C=O) groups is 2. The van der Waals surface area contributed by atoms with Gasteiger partial charge in [0.25, 0.3) is 15.9 Å². The molecule has 0 aliphatic rings. The van der Waals surface area contributed by atoms with Crippen LogP contribution in [0.25, 0.3) is 0 Å². The summed E-state index contributed by atoms with van der Waals surface area (Å²) in [5.74, 6) is -1.29. The third-order valence-electron chi connectivity index (χ3n) is 3.35. The molecule has 0 saturated heterocycles. The molecule has 3 N–H and O–H groups in total. The molecule has 0 aromatic heterocycles. The number of anilines is 1. The van der Waals surface area contributed by atoms with Crippen molar-refractivity contribution in [3.05, 3.63) is 59.1 Å². The van der Waals surface area contributed by atoms with Crippen LogP contribution in [0.1, 0.15) is 10.4 Å². The van der Waals surface area contributed by atoms with Crippen LogP contribution in [-0.4, -0.2) is 33.8 Å². The molecule has 0 spiro atoms. The van der Waals surface area contributed by atoms with Gasteiger partial charge in [0, 0.05) is 17.6 Å². The second kappa shape index (κ2) is 7.54. The van der Waals surface area contributed by atoms with E-state index in [9.17, 15) is 18.0 Å². The molecule has 25 heavy (non-hydrogen) atoms. The Morgan fingerprint density at radius 1 is 1.16 bits per heavy atom. The van der Waals surface area contributed by atoms with Gasteiger partial charge in [0.1, 0.15) is 0 Å². The first-order valence-electron chi connectivity index (χ1n) is 7.13.